The van der Waals surface area contributed by atoms with Crippen molar-refractivity contribution >= 4 is 12.2 Å². The third-order valence-corrected chi connectivity index (χ3v) is 3.44. The van der Waals surface area contributed by atoms with Gasteiger partial charge in [0.15, 0.2) is 0 Å². The lowest BCUT2D eigenvalue weighted by Crippen LogP contribution is -1.84. The van der Waals surface area contributed by atoms with Crippen LogP contribution in [-0.2, 0) is 12.8 Å². The molecule has 104 valence electrons. The summed E-state index contributed by atoms with van der Waals surface area (Å²) >= 11 is 0. The molecule has 0 aliphatic rings. The van der Waals surface area contributed by atoms with E-state index in [0.717, 1.165) is 35.1 Å². The fraction of sp³-hybridized carbons (Fsp3) is 0.222. The highest BCUT2D eigenvalue weighted by Crippen LogP contribution is 2.22. The molecule has 0 saturated carbocycles. The molecule has 0 aliphatic carbocycles. The minimum atomic E-state index is 0.350. The quantitative estimate of drug-likeness (QED) is 0.807. The summed E-state index contributed by atoms with van der Waals surface area (Å²) in [6.45, 7) is 4.05. The van der Waals surface area contributed by atoms with Crippen LogP contribution in [0.1, 0.15) is 36.1 Å². The Balaban J connectivity index is 2.25. The minimum Gasteiger partial charge on any atom is -0.508 e. The van der Waals surface area contributed by atoms with Crippen LogP contribution in [-0.4, -0.2) is 10.2 Å². The van der Waals surface area contributed by atoms with E-state index in [4.69, 9.17) is 0 Å². The second-order valence-electron chi connectivity index (χ2n) is 4.82. The lowest BCUT2D eigenvalue weighted by Gasteiger charge is -2.04. The van der Waals surface area contributed by atoms with Gasteiger partial charge in [0.2, 0.25) is 0 Å². The van der Waals surface area contributed by atoms with Gasteiger partial charge in [-0.05, 0) is 59.4 Å². The van der Waals surface area contributed by atoms with Crippen molar-refractivity contribution < 1.29 is 10.2 Å². The second-order valence-corrected chi connectivity index (χ2v) is 4.82. The van der Waals surface area contributed by atoms with E-state index in [2.05, 4.69) is 0 Å². The van der Waals surface area contributed by atoms with Crippen molar-refractivity contribution in [3.05, 3.63) is 58.7 Å². The van der Waals surface area contributed by atoms with Crippen molar-refractivity contribution in [2.45, 2.75) is 26.7 Å². The van der Waals surface area contributed by atoms with Gasteiger partial charge in [-0.1, -0.05) is 38.1 Å². The largest absolute Gasteiger partial charge is 0.508 e. The maximum atomic E-state index is 9.67. The fourth-order valence-electron chi connectivity index (χ4n) is 2.18. The molecule has 2 aromatic carbocycles. The standard InChI is InChI=1S/C18H20O2/c1-3-15-11-13(7-9-17(15)19)5-6-14-8-10-18(20)16(4-2)12-14/h5-12,19-20H,3-4H2,1-2H3/b6-5+. The van der Waals surface area contributed by atoms with Gasteiger partial charge in [0, 0.05) is 0 Å². The number of phenolic OH excluding ortho intramolecular Hbond substituents is 2. The van der Waals surface area contributed by atoms with Crippen molar-refractivity contribution in [3.8, 4) is 11.5 Å². The summed E-state index contributed by atoms with van der Waals surface area (Å²) < 4.78 is 0. The number of rotatable bonds is 4. The van der Waals surface area contributed by atoms with E-state index in [9.17, 15) is 10.2 Å². The van der Waals surface area contributed by atoms with Gasteiger partial charge in [-0.15, -0.1) is 0 Å². The predicted octanol–water partition coefficient (Wildman–Crippen LogP) is 4.39. The van der Waals surface area contributed by atoms with Crippen molar-refractivity contribution in [3.63, 3.8) is 0 Å². The molecule has 2 heteroatoms. The molecule has 2 nitrogen and oxygen atoms in total. The Morgan fingerprint density at radius 1 is 0.750 bits per heavy atom. The first-order chi connectivity index (χ1) is 9.63. The van der Waals surface area contributed by atoms with Crippen LogP contribution in [0.3, 0.4) is 0 Å². The van der Waals surface area contributed by atoms with Crippen molar-refractivity contribution in [1.82, 2.24) is 0 Å². The molecule has 0 unspecified atom stereocenters. The average Bonchev–Trinajstić information content (AvgIpc) is 2.47. The van der Waals surface area contributed by atoms with Gasteiger partial charge in [-0.2, -0.15) is 0 Å². The molecular weight excluding hydrogens is 248 g/mol. The summed E-state index contributed by atoms with van der Waals surface area (Å²) in [6.07, 6.45) is 5.66. The van der Waals surface area contributed by atoms with Crippen LogP contribution in [0, 0.1) is 0 Å². The summed E-state index contributed by atoms with van der Waals surface area (Å²) in [5.41, 5.74) is 4.02. The molecular formula is C18H20O2. The normalized spacial score (nSPS) is 11.1. The number of phenols is 2. The van der Waals surface area contributed by atoms with E-state index >= 15 is 0 Å². The molecule has 20 heavy (non-hydrogen) atoms. The van der Waals surface area contributed by atoms with Crippen molar-refractivity contribution in [1.29, 1.82) is 0 Å². The Bertz CT molecular complexity index is 572. The molecule has 0 atom stereocenters. The number of aromatic hydroxyl groups is 2. The smallest absolute Gasteiger partial charge is 0.118 e. The lowest BCUT2D eigenvalue weighted by atomic mass is 10.0. The summed E-state index contributed by atoms with van der Waals surface area (Å²) in [6, 6.07) is 11.2. The Morgan fingerprint density at radius 2 is 1.15 bits per heavy atom. The zero-order valence-electron chi connectivity index (χ0n) is 11.9. The molecule has 0 aromatic heterocycles. The summed E-state index contributed by atoms with van der Waals surface area (Å²) in [5, 5.41) is 19.3. The second kappa shape index (κ2) is 6.29. The highest BCUT2D eigenvalue weighted by Gasteiger charge is 2.00. The highest BCUT2D eigenvalue weighted by atomic mass is 16.3. The topological polar surface area (TPSA) is 40.5 Å². The van der Waals surface area contributed by atoms with Gasteiger partial charge in [-0.25, -0.2) is 0 Å². The lowest BCUT2D eigenvalue weighted by molar-refractivity contribution is 0.468. The van der Waals surface area contributed by atoms with Crippen molar-refractivity contribution in [2.75, 3.05) is 0 Å². The number of hydrogen-bond donors (Lipinski definition) is 2. The maximum Gasteiger partial charge on any atom is 0.118 e. The first-order valence-corrected chi connectivity index (χ1v) is 6.96. The molecule has 2 N–H and O–H groups in total. The minimum absolute atomic E-state index is 0.350. The summed E-state index contributed by atoms with van der Waals surface area (Å²) in [4.78, 5) is 0. The molecule has 0 fully saturated rings. The molecule has 2 aromatic rings. The first kappa shape index (κ1) is 14.2. The molecule has 2 rings (SSSR count). The number of benzene rings is 2. The molecule has 0 radical (unpaired) electrons. The molecule has 0 bridgehead atoms. The Hall–Kier alpha value is -2.22. The predicted molar refractivity (Wildman–Crippen MR) is 83.9 cm³/mol. The van der Waals surface area contributed by atoms with Gasteiger partial charge in [0.25, 0.3) is 0 Å². The van der Waals surface area contributed by atoms with Crippen LogP contribution in [0.25, 0.3) is 12.2 Å². The van der Waals surface area contributed by atoms with Gasteiger partial charge in [0.05, 0.1) is 0 Å². The Kier molecular flexibility index (Phi) is 4.46. The Labute approximate surface area is 120 Å². The SMILES string of the molecule is CCc1cc(/C=C/c2ccc(O)c(CC)c2)ccc1O. The molecule has 0 aliphatic heterocycles. The van der Waals surface area contributed by atoms with Gasteiger partial charge < -0.3 is 10.2 Å². The third kappa shape index (κ3) is 3.21. The van der Waals surface area contributed by atoms with E-state index in [1.807, 2.05) is 50.3 Å². The monoisotopic (exact) mass is 268 g/mol. The summed E-state index contributed by atoms with van der Waals surface area (Å²) in [5.74, 6) is 0.699. The zero-order valence-corrected chi connectivity index (χ0v) is 11.9. The van der Waals surface area contributed by atoms with Crippen LogP contribution in [0.4, 0.5) is 0 Å². The molecule has 0 amide bonds. The van der Waals surface area contributed by atoms with E-state index in [1.54, 1.807) is 12.1 Å². The van der Waals surface area contributed by atoms with Crippen LogP contribution >= 0.6 is 0 Å². The highest BCUT2D eigenvalue weighted by molar-refractivity contribution is 5.71. The average molecular weight is 268 g/mol. The summed E-state index contributed by atoms with van der Waals surface area (Å²) in [7, 11) is 0. The van der Waals surface area contributed by atoms with Crippen LogP contribution in [0.5, 0.6) is 11.5 Å². The fourth-order valence-corrected chi connectivity index (χ4v) is 2.18. The van der Waals surface area contributed by atoms with E-state index in [-0.39, 0.29) is 0 Å². The first-order valence-electron chi connectivity index (χ1n) is 6.96. The van der Waals surface area contributed by atoms with Crippen molar-refractivity contribution in [2.24, 2.45) is 0 Å². The molecule has 0 spiro atoms. The number of hydrogen-bond acceptors (Lipinski definition) is 2. The maximum absolute atomic E-state index is 9.67. The van der Waals surface area contributed by atoms with E-state index in [1.165, 1.54) is 0 Å². The molecule has 0 saturated heterocycles. The van der Waals surface area contributed by atoms with Crippen LogP contribution in [0.15, 0.2) is 36.4 Å². The third-order valence-electron chi connectivity index (χ3n) is 3.44. The van der Waals surface area contributed by atoms with Crippen LogP contribution < -0.4 is 0 Å². The zero-order chi connectivity index (χ0) is 14.5. The van der Waals surface area contributed by atoms with Gasteiger partial charge in [-0.3, -0.25) is 0 Å². The van der Waals surface area contributed by atoms with Crippen LogP contribution in [0.2, 0.25) is 0 Å². The van der Waals surface area contributed by atoms with E-state index in [0.29, 0.717) is 11.5 Å². The number of aryl methyl sites for hydroxylation is 2. The molecule has 0 heterocycles. The van der Waals surface area contributed by atoms with Gasteiger partial charge >= 0.3 is 0 Å². The Morgan fingerprint density at radius 3 is 1.50 bits per heavy atom. The van der Waals surface area contributed by atoms with Gasteiger partial charge in [0.1, 0.15) is 11.5 Å². The van der Waals surface area contributed by atoms with E-state index < -0.39 is 0 Å².